The van der Waals surface area contributed by atoms with Crippen LogP contribution in [0.2, 0.25) is 0 Å². The first kappa shape index (κ1) is 18.0. The van der Waals surface area contributed by atoms with Gasteiger partial charge in [0.25, 0.3) is 0 Å². The Bertz CT molecular complexity index is 619. The third-order valence-corrected chi connectivity index (χ3v) is 6.45. The maximum absolute atomic E-state index is 13.0. The highest BCUT2D eigenvalue weighted by Crippen LogP contribution is 2.58. The molecule has 1 spiro atoms. The van der Waals surface area contributed by atoms with Crippen molar-refractivity contribution in [2.24, 2.45) is 11.3 Å². The Labute approximate surface area is 156 Å². The minimum Gasteiger partial charge on any atom is -0.379 e. The molecule has 2 aliphatic heterocycles. The molecule has 4 rings (SSSR count). The van der Waals surface area contributed by atoms with Crippen LogP contribution in [0.1, 0.15) is 36.4 Å². The van der Waals surface area contributed by atoms with Gasteiger partial charge in [-0.3, -0.25) is 9.69 Å². The van der Waals surface area contributed by atoms with Crippen LogP contribution in [0.25, 0.3) is 0 Å². The molecule has 3 aliphatic rings. The zero-order chi connectivity index (χ0) is 18.0. The highest BCUT2D eigenvalue weighted by molar-refractivity contribution is 5.83. The number of carbonyl (C=O) groups is 1. The zero-order valence-corrected chi connectivity index (χ0v) is 15.8. The molecule has 0 bridgehead atoms. The SMILES string of the molecule is Cc1ccc(C(CN2CCOCC2)NC(=O)C2CC23CCNCC3)cc1. The second-order valence-electron chi connectivity index (χ2n) is 8.25. The largest absolute Gasteiger partial charge is 0.379 e. The second kappa shape index (κ2) is 7.67. The molecule has 1 saturated carbocycles. The molecular weight excluding hydrogens is 326 g/mol. The number of morpholine rings is 1. The Morgan fingerprint density at radius 1 is 1.27 bits per heavy atom. The van der Waals surface area contributed by atoms with E-state index in [1.807, 2.05) is 0 Å². The fourth-order valence-electron chi connectivity index (χ4n) is 4.54. The van der Waals surface area contributed by atoms with E-state index in [0.29, 0.717) is 0 Å². The van der Waals surface area contributed by atoms with Gasteiger partial charge in [-0.15, -0.1) is 0 Å². The summed E-state index contributed by atoms with van der Waals surface area (Å²) in [5, 5.41) is 6.81. The number of piperidine rings is 1. The van der Waals surface area contributed by atoms with Crippen LogP contribution in [0.3, 0.4) is 0 Å². The number of hydrogen-bond donors (Lipinski definition) is 2. The molecule has 5 nitrogen and oxygen atoms in total. The van der Waals surface area contributed by atoms with Gasteiger partial charge in [0.15, 0.2) is 0 Å². The number of rotatable bonds is 5. The Morgan fingerprint density at radius 2 is 1.96 bits per heavy atom. The molecule has 1 aromatic carbocycles. The van der Waals surface area contributed by atoms with Crippen LogP contribution < -0.4 is 10.6 Å². The van der Waals surface area contributed by atoms with Gasteiger partial charge in [-0.05, 0) is 50.3 Å². The lowest BCUT2D eigenvalue weighted by Gasteiger charge is -2.31. The number of hydrogen-bond acceptors (Lipinski definition) is 4. The van der Waals surface area contributed by atoms with Gasteiger partial charge in [-0.1, -0.05) is 29.8 Å². The molecule has 1 amide bonds. The zero-order valence-electron chi connectivity index (χ0n) is 15.8. The quantitative estimate of drug-likeness (QED) is 0.845. The number of benzene rings is 1. The van der Waals surface area contributed by atoms with Crippen LogP contribution in [-0.2, 0) is 9.53 Å². The Morgan fingerprint density at radius 3 is 2.65 bits per heavy atom. The molecule has 2 N–H and O–H groups in total. The van der Waals surface area contributed by atoms with Gasteiger partial charge in [0.05, 0.1) is 19.3 Å². The summed E-state index contributed by atoms with van der Waals surface area (Å²) in [4.78, 5) is 15.4. The average Bonchev–Trinajstić information content (AvgIpc) is 3.36. The van der Waals surface area contributed by atoms with Crippen LogP contribution in [0, 0.1) is 18.3 Å². The lowest BCUT2D eigenvalue weighted by molar-refractivity contribution is -0.124. The number of nitrogens with zero attached hydrogens (tertiary/aromatic N) is 1. The predicted molar refractivity (Wildman–Crippen MR) is 102 cm³/mol. The Kier molecular flexibility index (Phi) is 5.30. The average molecular weight is 357 g/mol. The standard InChI is InChI=1S/C21H31N3O2/c1-16-2-4-17(5-3-16)19(15-24-10-12-26-13-11-24)23-20(25)18-14-21(18)6-8-22-9-7-21/h2-5,18-19,22H,6-15H2,1H3,(H,23,25). The minimum atomic E-state index is 0.0561. The first-order valence-electron chi connectivity index (χ1n) is 10.0. The van der Waals surface area contributed by atoms with Gasteiger partial charge in [0.1, 0.15) is 0 Å². The third kappa shape index (κ3) is 3.95. The van der Waals surface area contributed by atoms with Crippen molar-refractivity contribution in [2.75, 3.05) is 45.9 Å². The lowest BCUT2D eigenvalue weighted by Crippen LogP contribution is -2.44. The molecule has 2 unspecified atom stereocenters. The first-order valence-corrected chi connectivity index (χ1v) is 10.0. The van der Waals surface area contributed by atoms with Crippen molar-refractivity contribution in [1.29, 1.82) is 0 Å². The van der Waals surface area contributed by atoms with Gasteiger partial charge in [-0.2, -0.15) is 0 Å². The summed E-state index contributed by atoms with van der Waals surface area (Å²) in [5.74, 6) is 0.466. The fraction of sp³-hybridized carbons (Fsp3) is 0.667. The van der Waals surface area contributed by atoms with E-state index in [1.165, 1.54) is 11.1 Å². The lowest BCUT2D eigenvalue weighted by atomic mass is 9.91. The minimum absolute atomic E-state index is 0.0561. The number of carbonyl (C=O) groups excluding carboxylic acids is 1. The van der Waals surface area contributed by atoms with E-state index in [0.717, 1.165) is 65.2 Å². The van der Waals surface area contributed by atoms with Crippen molar-refractivity contribution in [3.8, 4) is 0 Å². The molecule has 2 atom stereocenters. The normalized spacial score (nSPS) is 26.4. The number of ether oxygens (including phenoxy) is 1. The fourth-order valence-corrected chi connectivity index (χ4v) is 4.54. The molecule has 3 fully saturated rings. The van der Waals surface area contributed by atoms with Crippen LogP contribution in [-0.4, -0.2) is 56.7 Å². The van der Waals surface area contributed by atoms with Crippen LogP contribution >= 0.6 is 0 Å². The first-order chi connectivity index (χ1) is 12.7. The van der Waals surface area contributed by atoms with Crippen molar-refractivity contribution in [2.45, 2.75) is 32.2 Å². The monoisotopic (exact) mass is 357 g/mol. The molecular formula is C21H31N3O2. The van der Waals surface area contributed by atoms with E-state index in [1.54, 1.807) is 0 Å². The van der Waals surface area contributed by atoms with E-state index in [9.17, 15) is 4.79 Å². The second-order valence-corrected chi connectivity index (χ2v) is 8.25. The smallest absolute Gasteiger partial charge is 0.224 e. The van der Waals surface area contributed by atoms with E-state index >= 15 is 0 Å². The molecule has 142 valence electrons. The molecule has 26 heavy (non-hydrogen) atoms. The summed E-state index contributed by atoms with van der Waals surface area (Å²) in [5.41, 5.74) is 2.74. The van der Waals surface area contributed by atoms with Gasteiger partial charge >= 0.3 is 0 Å². The van der Waals surface area contributed by atoms with Crippen molar-refractivity contribution in [1.82, 2.24) is 15.5 Å². The van der Waals surface area contributed by atoms with Crippen LogP contribution in [0.4, 0.5) is 0 Å². The number of nitrogens with one attached hydrogen (secondary N) is 2. The van der Waals surface area contributed by atoms with E-state index in [2.05, 4.69) is 46.7 Å². The third-order valence-electron chi connectivity index (χ3n) is 6.45. The molecule has 1 aliphatic carbocycles. The van der Waals surface area contributed by atoms with Gasteiger partial charge in [-0.25, -0.2) is 0 Å². The highest BCUT2D eigenvalue weighted by atomic mass is 16.5. The van der Waals surface area contributed by atoms with Crippen molar-refractivity contribution in [3.05, 3.63) is 35.4 Å². The van der Waals surface area contributed by atoms with Crippen LogP contribution in [0.15, 0.2) is 24.3 Å². The van der Waals surface area contributed by atoms with Crippen LogP contribution in [0.5, 0.6) is 0 Å². The van der Waals surface area contributed by atoms with Gasteiger partial charge in [0, 0.05) is 25.6 Å². The summed E-state index contributed by atoms with van der Waals surface area (Å²) in [6.45, 7) is 8.52. The summed E-state index contributed by atoms with van der Waals surface area (Å²) in [6.07, 6.45) is 3.35. The molecule has 0 aromatic heterocycles. The van der Waals surface area contributed by atoms with Crippen molar-refractivity contribution >= 4 is 5.91 Å². The maximum atomic E-state index is 13.0. The summed E-state index contributed by atoms with van der Waals surface area (Å²) < 4.78 is 5.47. The topological polar surface area (TPSA) is 53.6 Å². The van der Waals surface area contributed by atoms with E-state index in [-0.39, 0.29) is 23.3 Å². The summed E-state index contributed by atoms with van der Waals surface area (Å²) in [6, 6.07) is 8.65. The van der Waals surface area contributed by atoms with E-state index in [4.69, 9.17) is 4.74 Å². The molecule has 5 heteroatoms. The predicted octanol–water partition coefficient (Wildman–Crippen LogP) is 1.87. The maximum Gasteiger partial charge on any atom is 0.224 e. The van der Waals surface area contributed by atoms with Crippen molar-refractivity contribution in [3.63, 3.8) is 0 Å². The molecule has 2 saturated heterocycles. The highest BCUT2D eigenvalue weighted by Gasteiger charge is 2.57. The van der Waals surface area contributed by atoms with Gasteiger partial charge < -0.3 is 15.4 Å². The summed E-state index contributed by atoms with van der Waals surface area (Å²) in [7, 11) is 0. The summed E-state index contributed by atoms with van der Waals surface area (Å²) >= 11 is 0. The van der Waals surface area contributed by atoms with Gasteiger partial charge in [0.2, 0.25) is 5.91 Å². The molecule has 2 heterocycles. The molecule has 1 aromatic rings. The number of aryl methyl sites for hydroxylation is 1. The Hall–Kier alpha value is -1.43. The Balaban J connectivity index is 1.43. The number of amides is 1. The molecule has 0 radical (unpaired) electrons. The van der Waals surface area contributed by atoms with Crippen molar-refractivity contribution < 1.29 is 9.53 Å². The van der Waals surface area contributed by atoms with E-state index < -0.39 is 0 Å².